The van der Waals surface area contributed by atoms with Gasteiger partial charge in [-0.2, -0.15) is 13.2 Å². The molecule has 0 N–H and O–H groups in total. The Morgan fingerprint density at radius 2 is 1.44 bits per heavy atom. The van der Waals surface area contributed by atoms with Crippen LogP contribution >= 0.6 is 0 Å². The molecule has 41 heavy (non-hydrogen) atoms. The molecule has 0 aliphatic rings. The molecule has 0 aliphatic heterocycles. The molecule has 0 bridgehead atoms. The predicted octanol–water partition coefficient (Wildman–Crippen LogP) is 8.53. The summed E-state index contributed by atoms with van der Waals surface area (Å²) in [5.41, 5.74) is -0.629. The lowest BCUT2D eigenvalue weighted by atomic mass is 10.0. The summed E-state index contributed by atoms with van der Waals surface area (Å²) in [6.07, 6.45) is -2.23. The Labute approximate surface area is 230 Å². The third kappa shape index (κ3) is 5.27. The number of benzene rings is 5. The Morgan fingerprint density at radius 1 is 0.732 bits per heavy atom. The van der Waals surface area contributed by atoms with Gasteiger partial charge in [0.05, 0.1) is 5.39 Å². The van der Waals surface area contributed by atoms with Gasteiger partial charge in [-0.15, -0.1) is 0 Å². The zero-order valence-corrected chi connectivity index (χ0v) is 21.1. The van der Waals surface area contributed by atoms with Crippen molar-refractivity contribution < 1.29 is 31.9 Å². The minimum atomic E-state index is -5.03. The van der Waals surface area contributed by atoms with Gasteiger partial charge in [-0.3, -0.25) is 4.79 Å². The SMILES string of the molecule is O=C(C=Cc1cccc2ccccc12)Oc1ccc2c(=O)c(Oc3ccc4ccccc4c3)c(C(F)(F)F)oc2c1. The summed E-state index contributed by atoms with van der Waals surface area (Å²) in [5, 5.41) is 3.35. The minimum Gasteiger partial charge on any atom is -0.449 e. The van der Waals surface area contributed by atoms with E-state index in [-0.39, 0.29) is 16.9 Å². The molecule has 0 unspecified atom stereocenters. The van der Waals surface area contributed by atoms with E-state index in [1.165, 1.54) is 30.3 Å². The Hall–Kier alpha value is -5.37. The van der Waals surface area contributed by atoms with Crippen molar-refractivity contribution in [1.29, 1.82) is 0 Å². The van der Waals surface area contributed by atoms with Gasteiger partial charge in [-0.1, -0.05) is 72.8 Å². The Kier molecular flexibility index (Phi) is 6.51. The highest BCUT2D eigenvalue weighted by atomic mass is 19.4. The number of halogens is 3. The molecule has 8 heteroatoms. The smallest absolute Gasteiger partial charge is 0.449 e. The molecular formula is C33H19F3O5. The van der Waals surface area contributed by atoms with Crippen molar-refractivity contribution >= 4 is 44.6 Å². The Bertz CT molecular complexity index is 2030. The van der Waals surface area contributed by atoms with Gasteiger partial charge in [0.15, 0.2) is 0 Å². The molecule has 0 amide bonds. The Balaban J connectivity index is 1.31. The maximum atomic E-state index is 14.0. The van der Waals surface area contributed by atoms with E-state index in [9.17, 15) is 22.8 Å². The van der Waals surface area contributed by atoms with Crippen molar-refractivity contribution in [3.05, 3.63) is 131 Å². The number of hydrogen-bond acceptors (Lipinski definition) is 5. The number of rotatable bonds is 5. The van der Waals surface area contributed by atoms with Crippen LogP contribution in [0.5, 0.6) is 17.2 Å². The summed E-state index contributed by atoms with van der Waals surface area (Å²) in [6, 6.07) is 28.8. The van der Waals surface area contributed by atoms with Crippen LogP contribution in [-0.2, 0) is 11.0 Å². The number of ether oxygens (including phenoxy) is 2. The van der Waals surface area contributed by atoms with Crippen molar-refractivity contribution in [3.8, 4) is 17.2 Å². The number of hydrogen-bond donors (Lipinski definition) is 0. The maximum absolute atomic E-state index is 14.0. The van der Waals surface area contributed by atoms with Crippen LogP contribution in [0.15, 0.2) is 118 Å². The number of alkyl halides is 3. The van der Waals surface area contributed by atoms with Crippen LogP contribution in [0.2, 0.25) is 0 Å². The summed E-state index contributed by atoms with van der Waals surface area (Å²) in [7, 11) is 0. The van der Waals surface area contributed by atoms with Crippen LogP contribution in [0.25, 0.3) is 38.6 Å². The van der Waals surface area contributed by atoms with Crippen LogP contribution in [0.4, 0.5) is 13.2 Å². The molecule has 202 valence electrons. The highest BCUT2D eigenvalue weighted by Crippen LogP contribution is 2.39. The van der Waals surface area contributed by atoms with Crippen molar-refractivity contribution in [1.82, 2.24) is 0 Å². The average Bonchev–Trinajstić information content (AvgIpc) is 2.96. The van der Waals surface area contributed by atoms with E-state index in [4.69, 9.17) is 13.9 Å². The molecule has 0 saturated heterocycles. The standard InChI is InChI=1S/C33H19F3O5/c34-33(35,36)32-31(40-24-14-12-20-6-1-2-8-23(20)18-24)30(38)27-16-15-25(19-28(27)41-32)39-29(37)17-13-22-10-5-9-21-7-3-4-11-26(21)22/h1-19H. The van der Waals surface area contributed by atoms with E-state index in [1.54, 1.807) is 24.3 Å². The first-order valence-corrected chi connectivity index (χ1v) is 12.5. The van der Waals surface area contributed by atoms with Crippen molar-refractivity contribution in [2.75, 3.05) is 0 Å². The van der Waals surface area contributed by atoms with E-state index >= 15 is 0 Å². The third-order valence-electron chi connectivity index (χ3n) is 6.46. The van der Waals surface area contributed by atoms with Crippen molar-refractivity contribution in [2.45, 2.75) is 6.18 Å². The van der Waals surface area contributed by atoms with Gasteiger partial charge in [0.2, 0.25) is 11.2 Å². The van der Waals surface area contributed by atoms with Crippen LogP contribution in [0.1, 0.15) is 11.3 Å². The normalized spacial score (nSPS) is 11.9. The van der Waals surface area contributed by atoms with Gasteiger partial charge in [0, 0.05) is 12.1 Å². The first-order chi connectivity index (χ1) is 19.8. The summed E-state index contributed by atoms with van der Waals surface area (Å²) >= 11 is 0. The molecular weight excluding hydrogens is 533 g/mol. The fourth-order valence-electron chi connectivity index (χ4n) is 4.55. The highest BCUT2D eigenvalue weighted by Gasteiger charge is 2.40. The van der Waals surface area contributed by atoms with E-state index in [0.717, 1.165) is 33.2 Å². The minimum absolute atomic E-state index is 0.0457. The lowest BCUT2D eigenvalue weighted by Crippen LogP contribution is -2.15. The molecule has 5 nitrogen and oxygen atoms in total. The first kappa shape index (κ1) is 25.9. The summed E-state index contributed by atoms with van der Waals surface area (Å²) in [5.74, 6) is -3.38. The monoisotopic (exact) mass is 552 g/mol. The lowest BCUT2D eigenvalue weighted by molar-refractivity contribution is -0.154. The van der Waals surface area contributed by atoms with Crippen LogP contribution < -0.4 is 14.9 Å². The van der Waals surface area contributed by atoms with E-state index in [1.807, 2.05) is 54.6 Å². The van der Waals surface area contributed by atoms with Gasteiger partial charge in [0.25, 0.3) is 5.76 Å². The summed E-state index contributed by atoms with van der Waals surface area (Å²) in [4.78, 5) is 25.7. The molecule has 0 saturated carbocycles. The molecule has 0 radical (unpaired) electrons. The molecule has 0 atom stereocenters. The van der Waals surface area contributed by atoms with Gasteiger partial charge in [-0.05, 0) is 57.4 Å². The Morgan fingerprint density at radius 3 is 2.24 bits per heavy atom. The van der Waals surface area contributed by atoms with Crippen LogP contribution in [0.3, 0.4) is 0 Å². The highest BCUT2D eigenvalue weighted by molar-refractivity contribution is 5.95. The second-order valence-corrected chi connectivity index (χ2v) is 9.18. The fourth-order valence-corrected chi connectivity index (χ4v) is 4.55. The largest absolute Gasteiger partial charge is 0.453 e. The lowest BCUT2D eigenvalue weighted by Gasteiger charge is -2.14. The fraction of sp³-hybridized carbons (Fsp3) is 0.0303. The quantitative estimate of drug-likeness (QED) is 0.122. The summed E-state index contributed by atoms with van der Waals surface area (Å²) in [6.45, 7) is 0. The zero-order valence-electron chi connectivity index (χ0n) is 21.1. The summed E-state index contributed by atoms with van der Waals surface area (Å²) < 4.78 is 57.9. The second kappa shape index (κ2) is 10.3. The molecule has 1 heterocycles. The zero-order chi connectivity index (χ0) is 28.6. The molecule has 0 spiro atoms. The van der Waals surface area contributed by atoms with Crippen LogP contribution in [0, 0.1) is 0 Å². The number of fused-ring (bicyclic) bond motifs is 3. The van der Waals surface area contributed by atoms with Crippen molar-refractivity contribution in [2.24, 2.45) is 0 Å². The maximum Gasteiger partial charge on any atom is 0.453 e. The molecule has 6 rings (SSSR count). The van der Waals surface area contributed by atoms with Gasteiger partial charge < -0.3 is 13.9 Å². The number of esters is 1. The van der Waals surface area contributed by atoms with Crippen molar-refractivity contribution in [3.63, 3.8) is 0 Å². The molecule has 1 aromatic heterocycles. The van der Waals surface area contributed by atoms with Crippen LogP contribution in [-0.4, -0.2) is 5.97 Å². The van der Waals surface area contributed by atoms with E-state index < -0.39 is 34.7 Å². The molecule has 5 aromatic carbocycles. The number of carbonyl (C=O) groups excluding carboxylic acids is 1. The first-order valence-electron chi connectivity index (χ1n) is 12.5. The molecule has 6 aromatic rings. The molecule has 0 aliphatic carbocycles. The average molecular weight is 553 g/mol. The predicted molar refractivity (Wildman–Crippen MR) is 150 cm³/mol. The van der Waals surface area contributed by atoms with Gasteiger partial charge in [0.1, 0.15) is 17.1 Å². The topological polar surface area (TPSA) is 65.7 Å². The van der Waals surface area contributed by atoms with Gasteiger partial charge in [-0.25, -0.2) is 4.79 Å². The van der Waals surface area contributed by atoms with Gasteiger partial charge >= 0.3 is 12.1 Å². The van der Waals surface area contributed by atoms with E-state index in [0.29, 0.717) is 0 Å². The second-order valence-electron chi connectivity index (χ2n) is 9.18. The number of carbonyl (C=O) groups is 1. The van der Waals surface area contributed by atoms with E-state index in [2.05, 4.69) is 0 Å². The molecule has 0 fully saturated rings. The third-order valence-corrected chi connectivity index (χ3v) is 6.46.